The van der Waals surface area contributed by atoms with Gasteiger partial charge in [0, 0.05) is 23.2 Å². The van der Waals surface area contributed by atoms with Crippen molar-refractivity contribution < 1.29 is 9.90 Å². The lowest BCUT2D eigenvalue weighted by Gasteiger charge is -2.17. The van der Waals surface area contributed by atoms with Crippen LogP contribution in [0.15, 0.2) is 22.7 Å². The highest BCUT2D eigenvalue weighted by Gasteiger charge is 2.26. The monoisotopic (exact) mass is 325 g/mol. The molecule has 0 saturated heterocycles. The van der Waals surface area contributed by atoms with Crippen LogP contribution in [0.2, 0.25) is 0 Å². The van der Waals surface area contributed by atoms with Crippen molar-refractivity contribution in [2.24, 2.45) is 11.8 Å². The molecule has 0 heterocycles. The molecular formula is C15H20BrNO2. The van der Waals surface area contributed by atoms with Gasteiger partial charge in [0.1, 0.15) is 0 Å². The summed E-state index contributed by atoms with van der Waals surface area (Å²) in [4.78, 5) is 12.1. The molecule has 1 aromatic rings. The van der Waals surface area contributed by atoms with Crippen molar-refractivity contribution >= 4 is 21.8 Å². The van der Waals surface area contributed by atoms with Crippen LogP contribution in [0.25, 0.3) is 0 Å². The van der Waals surface area contributed by atoms with E-state index in [1.807, 2.05) is 25.1 Å². The maximum atomic E-state index is 12.1. The van der Waals surface area contributed by atoms with Crippen LogP contribution in [0.5, 0.6) is 0 Å². The van der Waals surface area contributed by atoms with E-state index in [0.29, 0.717) is 23.9 Å². The summed E-state index contributed by atoms with van der Waals surface area (Å²) in [7, 11) is 0. The Kier molecular flexibility index (Phi) is 4.99. The number of aliphatic hydroxyl groups excluding tert-OH is 1. The smallest absolute Gasteiger partial charge is 0.251 e. The predicted molar refractivity (Wildman–Crippen MR) is 79.1 cm³/mol. The van der Waals surface area contributed by atoms with E-state index in [0.717, 1.165) is 29.3 Å². The molecule has 1 fully saturated rings. The number of carbonyl (C=O) groups is 1. The quantitative estimate of drug-likeness (QED) is 0.894. The number of halogens is 1. The van der Waals surface area contributed by atoms with E-state index in [1.165, 1.54) is 0 Å². The Morgan fingerprint density at radius 1 is 1.42 bits per heavy atom. The fraction of sp³-hybridized carbons (Fsp3) is 0.533. The third kappa shape index (κ3) is 3.57. The number of rotatable bonds is 4. The Balaban J connectivity index is 1.92. The third-order valence-corrected chi connectivity index (χ3v) is 4.86. The number of benzene rings is 1. The molecule has 0 spiro atoms. The first-order valence-electron chi connectivity index (χ1n) is 6.77. The number of amides is 1. The molecule has 0 radical (unpaired) electrons. The summed E-state index contributed by atoms with van der Waals surface area (Å²) >= 11 is 3.44. The molecule has 0 bridgehead atoms. The second-order valence-electron chi connectivity index (χ2n) is 5.31. The van der Waals surface area contributed by atoms with Gasteiger partial charge in [0.2, 0.25) is 0 Å². The number of hydrogen-bond acceptors (Lipinski definition) is 2. The topological polar surface area (TPSA) is 49.3 Å². The second kappa shape index (κ2) is 6.53. The van der Waals surface area contributed by atoms with E-state index >= 15 is 0 Å². The largest absolute Gasteiger partial charge is 0.396 e. The van der Waals surface area contributed by atoms with Crippen molar-refractivity contribution in [3.8, 4) is 0 Å². The van der Waals surface area contributed by atoms with E-state index < -0.39 is 0 Å². The molecule has 0 aromatic heterocycles. The standard InChI is InChI=1S/C15H20BrNO2/c1-10-5-6-11(7-14(10)16)15(19)17-8-12-3-2-4-13(12)9-18/h5-7,12-13,18H,2-4,8-9H2,1H3,(H,17,19). The zero-order chi connectivity index (χ0) is 13.8. The molecule has 104 valence electrons. The van der Waals surface area contributed by atoms with E-state index in [2.05, 4.69) is 21.2 Å². The molecule has 1 saturated carbocycles. The highest BCUT2D eigenvalue weighted by Crippen LogP contribution is 2.30. The number of carbonyl (C=O) groups excluding carboxylic acids is 1. The van der Waals surface area contributed by atoms with Crippen LogP contribution in [0.3, 0.4) is 0 Å². The van der Waals surface area contributed by atoms with E-state index in [9.17, 15) is 9.90 Å². The van der Waals surface area contributed by atoms with Gasteiger partial charge in [-0.1, -0.05) is 28.4 Å². The first-order valence-corrected chi connectivity index (χ1v) is 7.56. The lowest BCUT2D eigenvalue weighted by atomic mass is 9.97. The third-order valence-electron chi connectivity index (χ3n) is 4.01. The average Bonchev–Trinajstić information content (AvgIpc) is 2.86. The van der Waals surface area contributed by atoms with Crippen molar-refractivity contribution in [1.82, 2.24) is 5.32 Å². The lowest BCUT2D eigenvalue weighted by Crippen LogP contribution is -2.31. The summed E-state index contributed by atoms with van der Waals surface area (Å²) in [5.74, 6) is 0.734. The Morgan fingerprint density at radius 2 is 2.16 bits per heavy atom. The Bertz CT molecular complexity index is 461. The number of aryl methyl sites for hydroxylation is 1. The van der Waals surface area contributed by atoms with Gasteiger partial charge < -0.3 is 10.4 Å². The highest BCUT2D eigenvalue weighted by molar-refractivity contribution is 9.10. The molecule has 1 aliphatic rings. The highest BCUT2D eigenvalue weighted by atomic mass is 79.9. The molecular weight excluding hydrogens is 306 g/mol. The van der Waals surface area contributed by atoms with Crippen molar-refractivity contribution in [2.75, 3.05) is 13.2 Å². The summed E-state index contributed by atoms with van der Waals surface area (Å²) in [6.07, 6.45) is 3.33. The summed E-state index contributed by atoms with van der Waals surface area (Å²) < 4.78 is 0.953. The second-order valence-corrected chi connectivity index (χ2v) is 6.16. The van der Waals surface area contributed by atoms with E-state index in [-0.39, 0.29) is 12.5 Å². The first kappa shape index (κ1) is 14.5. The number of nitrogens with one attached hydrogen (secondary N) is 1. The summed E-state index contributed by atoms with van der Waals surface area (Å²) in [5.41, 5.74) is 1.80. The normalized spacial score (nSPS) is 22.5. The molecule has 19 heavy (non-hydrogen) atoms. The molecule has 4 heteroatoms. The van der Waals surface area contributed by atoms with Crippen LogP contribution in [0.1, 0.15) is 35.2 Å². The van der Waals surface area contributed by atoms with Gasteiger partial charge in [-0.3, -0.25) is 4.79 Å². The zero-order valence-corrected chi connectivity index (χ0v) is 12.7. The van der Waals surface area contributed by atoms with Gasteiger partial charge in [0.05, 0.1) is 0 Å². The van der Waals surface area contributed by atoms with Gasteiger partial charge in [-0.2, -0.15) is 0 Å². The van der Waals surface area contributed by atoms with E-state index in [1.54, 1.807) is 0 Å². The maximum Gasteiger partial charge on any atom is 0.251 e. The maximum absolute atomic E-state index is 12.1. The van der Waals surface area contributed by atoms with Crippen molar-refractivity contribution in [2.45, 2.75) is 26.2 Å². The molecule has 2 atom stereocenters. The Morgan fingerprint density at radius 3 is 2.84 bits per heavy atom. The zero-order valence-electron chi connectivity index (χ0n) is 11.2. The first-order chi connectivity index (χ1) is 9.11. The minimum absolute atomic E-state index is 0.0377. The Labute approximate surface area is 122 Å². The van der Waals surface area contributed by atoms with Crippen LogP contribution in [-0.2, 0) is 0 Å². The van der Waals surface area contributed by atoms with Crippen LogP contribution in [-0.4, -0.2) is 24.2 Å². The van der Waals surface area contributed by atoms with Crippen LogP contribution in [0.4, 0.5) is 0 Å². The van der Waals surface area contributed by atoms with Gasteiger partial charge in [-0.05, 0) is 49.3 Å². The fourth-order valence-corrected chi connectivity index (χ4v) is 3.06. The summed E-state index contributed by atoms with van der Waals surface area (Å²) in [6, 6.07) is 5.63. The molecule has 2 rings (SSSR count). The van der Waals surface area contributed by atoms with Crippen LogP contribution in [0, 0.1) is 18.8 Å². The molecule has 1 aliphatic carbocycles. The van der Waals surface area contributed by atoms with Crippen molar-refractivity contribution in [3.05, 3.63) is 33.8 Å². The predicted octanol–water partition coefficient (Wildman–Crippen LogP) is 2.90. The fourth-order valence-electron chi connectivity index (χ4n) is 2.68. The van der Waals surface area contributed by atoms with Gasteiger partial charge in [0.25, 0.3) is 5.91 Å². The summed E-state index contributed by atoms with van der Waals surface area (Å²) in [6.45, 7) is 2.89. The van der Waals surface area contributed by atoms with Crippen molar-refractivity contribution in [1.29, 1.82) is 0 Å². The van der Waals surface area contributed by atoms with Crippen LogP contribution < -0.4 is 5.32 Å². The SMILES string of the molecule is Cc1ccc(C(=O)NCC2CCCC2CO)cc1Br. The molecule has 2 N–H and O–H groups in total. The van der Waals surface area contributed by atoms with Crippen LogP contribution >= 0.6 is 15.9 Å². The minimum atomic E-state index is -0.0377. The number of aliphatic hydroxyl groups is 1. The Hall–Kier alpha value is -0.870. The molecule has 3 nitrogen and oxygen atoms in total. The minimum Gasteiger partial charge on any atom is -0.396 e. The number of hydrogen-bond donors (Lipinski definition) is 2. The van der Waals surface area contributed by atoms with Gasteiger partial charge in [-0.25, -0.2) is 0 Å². The molecule has 0 aliphatic heterocycles. The average molecular weight is 326 g/mol. The van der Waals surface area contributed by atoms with Gasteiger partial charge >= 0.3 is 0 Å². The lowest BCUT2D eigenvalue weighted by molar-refractivity contribution is 0.0937. The van der Waals surface area contributed by atoms with Crippen molar-refractivity contribution in [3.63, 3.8) is 0 Å². The van der Waals surface area contributed by atoms with Gasteiger partial charge in [-0.15, -0.1) is 0 Å². The molecule has 2 unspecified atom stereocenters. The molecule has 1 amide bonds. The molecule has 1 aromatic carbocycles. The van der Waals surface area contributed by atoms with Gasteiger partial charge in [0.15, 0.2) is 0 Å². The summed E-state index contributed by atoms with van der Waals surface area (Å²) in [5, 5.41) is 12.2. The van der Waals surface area contributed by atoms with E-state index in [4.69, 9.17) is 0 Å².